The molecule has 0 aromatic heterocycles. The maximum atomic E-state index is 10.5. The van der Waals surface area contributed by atoms with E-state index in [0.29, 0.717) is 23.0 Å². The van der Waals surface area contributed by atoms with Gasteiger partial charge in [0.05, 0.1) is 23.3 Å². The van der Waals surface area contributed by atoms with Gasteiger partial charge >= 0.3 is 11.9 Å². The minimum Gasteiger partial charge on any atom is -0.478 e. The zero-order valence-corrected chi connectivity index (χ0v) is 22.8. The Morgan fingerprint density at radius 2 is 0.944 bits per heavy atom. The quantitative estimate of drug-likeness (QED) is 0.296. The van der Waals surface area contributed by atoms with Gasteiger partial charge in [0.1, 0.15) is 0 Å². The van der Waals surface area contributed by atoms with E-state index in [0.717, 1.165) is 12.8 Å². The normalized spacial score (nSPS) is 14.1. The van der Waals surface area contributed by atoms with Crippen LogP contribution in [0.3, 0.4) is 0 Å². The number of aromatic carboxylic acids is 2. The Balaban J connectivity index is 0.000000564. The summed E-state index contributed by atoms with van der Waals surface area (Å²) in [5.74, 6) is 0.000925. The molecule has 0 saturated heterocycles. The van der Waals surface area contributed by atoms with E-state index in [1.54, 1.807) is 60.7 Å². The average molecular weight is 503 g/mol. The first-order chi connectivity index (χ1) is 16.8. The number of hydrogen-bond donors (Lipinski definition) is 4. The van der Waals surface area contributed by atoms with Gasteiger partial charge in [-0.05, 0) is 73.6 Å². The van der Waals surface area contributed by atoms with Gasteiger partial charge in [0.25, 0.3) is 0 Å². The molecule has 0 saturated carbocycles. The standard InChI is InChI=1S/C16H34O2.2C7H6O2/c1-10(2)8-14(13(7)17)15(9-11(3)4)16(18)12(5)6;2*8-7(9)6-4-2-1-3-5-6/h10-18H,8-9H2,1-7H3;2*1-5H,(H,8,9). The molecule has 2 aromatic rings. The van der Waals surface area contributed by atoms with Crippen LogP contribution < -0.4 is 0 Å². The summed E-state index contributed by atoms with van der Waals surface area (Å²) in [5.41, 5.74) is 0.662. The number of rotatable bonds is 10. The molecule has 0 aliphatic heterocycles. The Morgan fingerprint density at radius 1 is 0.611 bits per heavy atom. The van der Waals surface area contributed by atoms with E-state index >= 15 is 0 Å². The molecule has 4 N–H and O–H groups in total. The third-order valence-electron chi connectivity index (χ3n) is 5.82. The van der Waals surface area contributed by atoms with Crippen LogP contribution in [0.15, 0.2) is 60.7 Å². The lowest BCUT2D eigenvalue weighted by Crippen LogP contribution is -2.38. The smallest absolute Gasteiger partial charge is 0.335 e. The Kier molecular flexibility index (Phi) is 16.4. The van der Waals surface area contributed by atoms with Crippen LogP contribution in [0.25, 0.3) is 0 Å². The predicted octanol–water partition coefficient (Wildman–Crippen LogP) is 6.48. The van der Waals surface area contributed by atoms with Crippen molar-refractivity contribution in [3.8, 4) is 0 Å². The van der Waals surface area contributed by atoms with Crippen molar-refractivity contribution in [2.75, 3.05) is 0 Å². The molecule has 202 valence electrons. The van der Waals surface area contributed by atoms with Crippen LogP contribution in [0.2, 0.25) is 0 Å². The summed E-state index contributed by atoms with van der Waals surface area (Å²) in [4.78, 5) is 20.4. The third kappa shape index (κ3) is 14.0. The summed E-state index contributed by atoms with van der Waals surface area (Å²) in [7, 11) is 0. The fourth-order valence-corrected chi connectivity index (χ4v) is 4.04. The van der Waals surface area contributed by atoms with Crippen molar-refractivity contribution in [2.24, 2.45) is 29.6 Å². The molecule has 36 heavy (non-hydrogen) atoms. The molecule has 2 aromatic carbocycles. The van der Waals surface area contributed by atoms with Crippen molar-refractivity contribution in [1.82, 2.24) is 0 Å². The SMILES string of the molecule is CC(C)CC(C(C)O)C(CC(C)C)C(O)C(C)C.O=C(O)c1ccccc1.O=C(O)c1ccccc1. The molecule has 0 aliphatic rings. The number of carboxylic acid groups (broad SMARTS) is 2. The van der Waals surface area contributed by atoms with Gasteiger partial charge < -0.3 is 20.4 Å². The second kappa shape index (κ2) is 17.7. The summed E-state index contributed by atoms with van der Waals surface area (Å²) >= 11 is 0. The fraction of sp³-hybridized carbons (Fsp3) is 0.533. The highest BCUT2D eigenvalue weighted by molar-refractivity contribution is 5.87. The maximum Gasteiger partial charge on any atom is 0.335 e. The Morgan fingerprint density at radius 3 is 1.17 bits per heavy atom. The van der Waals surface area contributed by atoms with Crippen molar-refractivity contribution in [1.29, 1.82) is 0 Å². The van der Waals surface area contributed by atoms with Crippen LogP contribution in [0.4, 0.5) is 0 Å². The lowest BCUT2D eigenvalue weighted by atomic mass is 9.73. The minimum atomic E-state index is -0.879. The largest absolute Gasteiger partial charge is 0.478 e. The molecule has 0 spiro atoms. The number of aliphatic hydroxyl groups excluding tert-OH is 2. The van der Waals surface area contributed by atoms with Gasteiger partial charge in [0.15, 0.2) is 0 Å². The van der Waals surface area contributed by atoms with Crippen LogP contribution in [0.5, 0.6) is 0 Å². The van der Waals surface area contributed by atoms with E-state index in [1.807, 2.05) is 6.92 Å². The second-order valence-electron chi connectivity index (χ2n) is 10.4. The second-order valence-corrected chi connectivity index (χ2v) is 10.4. The van der Waals surface area contributed by atoms with Crippen LogP contribution in [-0.2, 0) is 0 Å². The van der Waals surface area contributed by atoms with Crippen molar-refractivity contribution < 1.29 is 30.0 Å². The predicted molar refractivity (Wildman–Crippen MR) is 145 cm³/mol. The number of carboxylic acids is 2. The van der Waals surface area contributed by atoms with Crippen molar-refractivity contribution >= 4 is 11.9 Å². The van der Waals surface area contributed by atoms with E-state index in [4.69, 9.17) is 10.2 Å². The molecule has 4 atom stereocenters. The molecule has 6 heteroatoms. The summed E-state index contributed by atoms with van der Waals surface area (Å²) < 4.78 is 0. The van der Waals surface area contributed by atoms with E-state index in [-0.39, 0.29) is 30.0 Å². The van der Waals surface area contributed by atoms with Gasteiger partial charge in [-0.1, -0.05) is 77.9 Å². The van der Waals surface area contributed by atoms with Gasteiger partial charge in [0.2, 0.25) is 0 Å². The lowest BCUT2D eigenvalue weighted by Gasteiger charge is -2.36. The van der Waals surface area contributed by atoms with E-state index in [1.165, 1.54) is 0 Å². The fourth-order valence-electron chi connectivity index (χ4n) is 4.04. The molecule has 0 bridgehead atoms. The third-order valence-corrected chi connectivity index (χ3v) is 5.82. The monoisotopic (exact) mass is 502 g/mol. The molecule has 2 rings (SSSR count). The van der Waals surface area contributed by atoms with Gasteiger partial charge in [0, 0.05) is 0 Å². The van der Waals surface area contributed by atoms with E-state index < -0.39 is 11.9 Å². The topological polar surface area (TPSA) is 115 Å². The number of carbonyl (C=O) groups is 2. The number of aliphatic hydroxyl groups is 2. The summed E-state index contributed by atoms with van der Waals surface area (Å²) in [5, 5.41) is 37.3. The van der Waals surface area contributed by atoms with E-state index in [2.05, 4.69) is 41.5 Å². The molecular formula is C30H46O6. The Bertz CT molecular complexity index is 797. The first-order valence-corrected chi connectivity index (χ1v) is 12.7. The molecule has 0 heterocycles. The van der Waals surface area contributed by atoms with Gasteiger partial charge in [-0.15, -0.1) is 0 Å². The maximum absolute atomic E-state index is 10.5. The molecular weight excluding hydrogens is 456 g/mol. The lowest BCUT2D eigenvalue weighted by molar-refractivity contribution is -0.0237. The molecule has 4 unspecified atom stereocenters. The van der Waals surface area contributed by atoms with Crippen LogP contribution in [0.1, 0.15) is 82.0 Å². The molecule has 0 fully saturated rings. The zero-order chi connectivity index (χ0) is 27.8. The summed E-state index contributed by atoms with van der Waals surface area (Å²) in [6.45, 7) is 14.7. The van der Waals surface area contributed by atoms with Crippen LogP contribution >= 0.6 is 0 Å². The highest BCUT2D eigenvalue weighted by Crippen LogP contribution is 2.34. The van der Waals surface area contributed by atoms with Crippen molar-refractivity contribution in [3.63, 3.8) is 0 Å². The van der Waals surface area contributed by atoms with Gasteiger partial charge in [-0.25, -0.2) is 9.59 Å². The van der Waals surface area contributed by atoms with Gasteiger partial charge in [-0.3, -0.25) is 0 Å². The van der Waals surface area contributed by atoms with Crippen molar-refractivity contribution in [3.05, 3.63) is 71.8 Å². The molecule has 0 radical (unpaired) electrons. The highest BCUT2D eigenvalue weighted by atomic mass is 16.4. The summed E-state index contributed by atoms with van der Waals surface area (Å²) in [6.07, 6.45) is 1.32. The van der Waals surface area contributed by atoms with Crippen LogP contribution in [0, 0.1) is 29.6 Å². The van der Waals surface area contributed by atoms with Crippen LogP contribution in [-0.4, -0.2) is 44.6 Å². The Hall–Kier alpha value is -2.70. The molecule has 0 aliphatic carbocycles. The van der Waals surface area contributed by atoms with Crippen molar-refractivity contribution in [2.45, 2.75) is 73.5 Å². The molecule has 6 nitrogen and oxygen atoms in total. The number of benzene rings is 2. The number of hydrogen-bond acceptors (Lipinski definition) is 4. The molecule has 0 amide bonds. The van der Waals surface area contributed by atoms with E-state index in [9.17, 15) is 19.8 Å². The Labute approximate surface area is 217 Å². The zero-order valence-electron chi connectivity index (χ0n) is 22.8. The first kappa shape index (κ1) is 33.3. The highest BCUT2D eigenvalue weighted by Gasteiger charge is 2.33. The van der Waals surface area contributed by atoms with Gasteiger partial charge in [-0.2, -0.15) is 0 Å². The minimum absolute atomic E-state index is 0.199. The summed E-state index contributed by atoms with van der Waals surface area (Å²) in [6, 6.07) is 16.6. The first-order valence-electron chi connectivity index (χ1n) is 12.7. The average Bonchev–Trinajstić information content (AvgIpc) is 2.82.